The zero-order valence-electron chi connectivity index (χ0n) is 18.9. The van der Waals surface area contributed by atoms with Crippen LogP contribution in [0.2, 0.25) is 0 Å². The maximum absolute atomic E-state index is 13.4. The Morgan fingerprint density at radius 2 is 1.90 bits per heavy atom. The van der Waals surface area contributed by atoms with Gasteiger partial charge in [0.2, 0.25) is 11.8 Å². The fourth-order valence-electron chi connectivity index (χ4n) is 3.75. The largest absolute Gasteiger partial charge is 0.468 e. The smallest absolute Gasteiger partial charge is 0.325 e. The van der Waals surface area contributed by atoms with Crippen LogP contribution in [-0.4, -0.2) is 72.2 Å². The van der Waals surface area contributed by atoms with Gasteiger partial charge in [-0.2, -0.15) is 0 Å². The van der Waals surface area contributed by atoms with Gasteiger partial charge in [-0.3, -0.25) is 19.3 Å². The second-order valence-electron chi connectivity index (χ2n) is 8.48. The topological polar surface area (TPSA) is 88.2 Å². The van der Waals surface area contributed by atoms with Gasteiger partial charge in [0, 0.05) is 7.05 Å². The van der Waals surface area contributed by atoms with Crippen LogP contribution >= 0.6 is 0 Å². The van der Waals surface area contributed by atoms with E-state index in [1.165, 1.54) is 12.0 Å². The van der Waals surface area contributed by atoms with Crippen LogP contribution in [0.5, 0.6) is 0 Å². The molecule has 0 bridgehead atoms. The number of esters is 1. The van der Waals surface area contributed by atoms with Gasteiger partial charge < -0.3 is 19.7 Å². The second-order valence-corrected chi connectivity index (χ2v) is 8.48. The van der Waals surface area contributed by atoms with Crippen LogP contribution < -0.4 is 5.32 Å². The van der Waals surface area contributed by atoms with Crippen molar-refractivity contribution in [3.63, 3.8) is 0 Å². The predicted molar refractivity (Wildman–Crippen MR) is 112 cm³/mol. The molecule has 0 unspecified atom stereocenters. The molecule has 2 atom stereocenters. The summed E-state index contributed by atoms with van der Waals surface area (Å²) in [5, 5.41) is 2.52. The van der Waals surface area contributed by atoms with Crippen LogP contribution in [0, 0.1) is 0 Å². The highest BCUT2D eigenvalue weighted by atomic mass is 16.5. The zero-order chi connectivity index (χ0) is 22.7. The number of nitrogens with one attached hydrogen (secondary N) is 1. The maximum atomic E-state index is 13.4. The van der Waals surface area contributed by atoms with E-state index in [2.05, 4.69) is 10.1 Å². The molecular formula is C22H33N3O5. The molecule has 0 radical (unpaired) electrons. The lowest BCUT2D eigenvalue weighted by atomic mass is 9.99. The number of ether oxygens (including phenoxy) is 2. The second kappa shape index (κ2) is 9.14. The summed E-state index contributed by atoms with van der Waals surface area (Å²) in [6, 6.07) is 9.31. The summed E-state index contributed by atoms with van der Waals surface area (Å²) < 4.78 is 10.6. The summed E-state index contributed by atoms with van der Waals surface area (Å²) in [5.41, 5.74) is -0.736. The predicted octanol–water partition coefficient (Wildman–Crippen LogP) is 1.71. The van der Waals surface area contributed by atoms with Crippen molar-refractivity contribution in [1.29, 1.82) is 0 Å². The molecule has 1 aromatic rings. The minimum atomic E-state index is -1.16. The molecule has 0 spiro atoms. The van der Waals surface area contributed by atoms with Crippen molar-refractivity contribution in [3.05, 3.63) is 35.9 Å². The van der Waals surface area contributed by atoms with Crippen LogP contribution in [0.4, 0.5) is 0 Å². The molecule has 1 heterocycles. The lowest BCUT2D eigenvalue weighted by molar-refractivity contribution is -0.153. The Morgan fingerprint density at radius 1 is 1.30 bits per heavy atom. The third-order valence-electron chi connectivity index (χ3n) is 5.86. The van der Waals surface area contributed by atoms with Gasteiger partial charge in [-0.1, -0.05) is 30.3 Å². The molecule has 0 saturated carbocycles. The van der Waals surface area contributed by atoms with Crippen LogP contribution in [0.15, 0.2) is 30.3 Å². The lowest BCUT2D eigenvalue weighted by Crippen LogP contribution is -2.61. The van der Waals surface area contributed by atoms with Gasteiger partial charge in [0.15, 0.2) is 0 Å². The van der Waals surface area contributed by atoms with E-state index in [-0.39, 0.29) is 18.5 Å². The van der Waals surface area contributed by atoms with E-state index in [9.17, 15) is 14.4 Å². The lowest BCUT2D eigenvalue weighted by Gasteiger charge is -2.42. The van der Waals surface area contributed by atoms with E-state index in [0.29, 0.717) is 6.61 Å². The summed E-state index contributed by atoms with van der Waals surface area (Å²) in [6.45, 7) is 9.21. The Hall–Kier alpha value is -2.45. The molecule has 8 nitrogen and oxygen atoms in total. The van der Waals surface area contributed by atoms with Gasteiger partial charge in [-0.15, -0.1) is 0 Å². The maximum Gasteiger partial charge on any atom is 0.325 e. The standard InChI is InChI=1S/C22H33N3O5/c1-15(19(27)24(6)21(2,3)20(28)23-13-18(26)29-7)25-17(14-30-22(25,4)5)16-11-9-8-10-12-16/h8-12,15,17H,13-14H2,1-7H3,(H,23,28)/t15-,17-/m1/s1. The number of amides is 2. The Bertz CT molecular complexity index is 778. The number of methoxy groups -OCH3 is 1. The normalized spacial score (nSPS) is 19.8. The van der Waals surface area contributed by atoms with Crippen molar-refractivity contribution in [3.8, 4) is 0 Å². The van der Waals surface area contributed by atoms with E-state index in [0.717, 1.165) is 5.56 Å². The Morgan fingerprint density at radius 3 is 2.47 bits per heavy atom. The molecule has 2 amide bonds. The van der Waals surface area contributed by atoms with E-state index >= 15 is 0 Å². The van der Waals surface area contributed by atoms with Crippen LogP contribution in [0.1, 0.15) is 46.2 Å². The first-order valence-corrected chi connectivity index (χ1v) is 10.0. The summed E-state index contributed by atoms with van der Waals surface area (Å²) in [5.74, 6) is -1.21. The van der Waals surface area contributed by atoms with Gasteiger partial charge in [0.25, 0.3) is 0 Å². The van der Waals surface area contributed by atoms with Crippen molar-refractivity contribution in [2.75, 3.05) is 27.3 Å². The number of rotatable bonds is 7. The fraction of sp³-hybridized carbons (Fsp3) is 0.591. The molecule has 0 aromatic heterocycles. The first-order chi connectivity index (χ1) is 13.9. The minimum absolute atomic E-state index is 0.0789. The Balaban J connectivity index is 2.20. The molecule has 1 aromatic carbocycles. The van der Waals surface area contributed by atoms with Gasteiger partial charge in [-0.05, 0) is 40.2 Å². The number of carbonyl (C=O) groups is 3. The monoisotopic (exact) mass is 419 g/mol. The summed E-state index contributed by atoms with van der Waals surface area (Å²) in [4.78, 5) is 40.8. The van der Waals surface area contributed by atoms with Gasteiger partial charge in [-0.25, -0.2) is 0 Å². The molecule has 1 aliphatic rings. The number of carbonyl (C=O) groups excluding carboxylic acids is 3. The SMILES string of the molecule is COC(=O)CNC(=O)C(C)(C)N(C)C(=O)[C@@H](C)N1[C@@H](c2ccccc2)COC1(C)C. The Labute approximate surface area is 178 Å². The number of likely N-dealkylation sites (N-methyl/N-ethyl adjacent to an activating group) is 1. The Kier molecular flexibility index (Phi) is 7.26. The van der Waals surface area contributed by atoms with Crippen molar-refractivity contribution in [1.82, 2.24) is 15.1 Å². The molecule has 8 heteroatoms. The summed E-state index contributed by atoms with van der Waals surface area (Å²) in [6.07, 6.45) is 0. The molecule has 1 saturated heterocycles. The van der Waals surface area contributed by atoms with Gasteiger partial charge in [0.1, 0.15) is 17.8 Å². The molecule has 2 rings (SSSR count). The molecule has 30 heavy (non-hydrogen) atoms. The average Bonchev–Trinajstić information content (AvgIpc) is 3.05. The highest BCUT2D eigenvalue weighted by Gasteiger charge is 2.48. The third-order valence-corrected chi connectivity index (χ3v) is 5.86. The number of hydrogen-bond donors (Lipinski definition) is 1. The third kappa shape index (κ3) is 4.82. The van der Waals surface area contributed by atoms with Crippen molar-refractivity contribution in [2.45, 2.75) is 58.0 Å². The molecule has 1 aliphatic heterocycles. The number of nitrogens with zero attached hydrogens (tertiary/aromatic N) is 2. The van der Waals surface area contributed by atoms with Gasteiger partial charge in [0.05, 0.1) is 25.8 Å². The van der Waals surface area contributed by atoms with E-state index in [1.807, 2.05) is 56.0 Å². The van der Waals surface area contributed by atoms with Crippen molar-refractivity contribution < 1.29 is 23.9 Å². The number of benzene rings is 1. The first-order valence-electron chi connectivity index (χ1n) is 10.0. The molecule has 0 aliphatic carbocycles. The van der Waals surface area contributed by atoms with E-state index in [4.69, 9.17) is 4.74 Å². The van der Waals surface area contributed by atoms with E-state index in [1.54, 1.807) is 20.9 Å². The van der Waals surface area contributed by atoms with Crippen molar-refractivity contribution >= 4 is 17.8 Å². The van der Waals surface area contributed by atoms with E-state index < -0.39 is 29.2 Å². The van der Waals surface area contributed by atoms with Crippen LogP contribution in [0.25, 0.3) is 0 Å². The van der Waals surface area contributed by atoms with Crippen molar-refractivity contribution in [2.24, 2.45) is 0 Å². The first kappa shape index (κ1) is 23.8. The number of hydrogen-bond acceptors (Lipinski definition) is 6. The summed E-state index contributed by atoms with van der Waals surface area (Å²) >= 11 is 0. The zero-order valence-corrected chi connectivity index (χ0v) is 18.9. The minimum Gasteiger partial charge on any atom is -0.468 e. The fourth-order valence-corrected chi connectivity index (χ4v) is 3.75. The molecular weight excluding hydrogens is 386 g/mol. The molecule has 166 valence electrons. The quantitative estimate of drug-likeness (QED) is 0.677. The summed E-state index contributed by atoms with van der Waals surface area (Å²) in [7, 11) is 2.85. The molecule has 1 fully saturated rings. The van der Waals surface area contributed by atoms with Crippen LogP contribution in [0.3, 0.4) is 0 Å². The van der Waals surface area contributed by atoms with Crippen LogP contribution in [-0.2, 0) is 23.9 Å². The average molecular weight is 420 g/mol. The molecule has 1 N–H and O–H groups in total. The van der Waals surface area contributed by atoms with Gasteiger partial charge >= 0.3 is 5.97 Å². The highest BCUT2D eigenvalue weighted by molar-refractivity contribution is 5.93. The highest BCUT2D eigenvalue weighted by Crippen LogP contribution is 2.39.